The number of alkyl carbamates (subject to hydrolysis) is 1. The lowest BCUT2D eigenvalue weighted by molar-refractivity contribution is -0.135. The molecule has 2 amide bonds. The molecule has 2 heterocycles. The number of aromatic nitrogens is 2. The highest BCUT2D eigenvalue weighted by molar-refractivity contribution is 9.10. The Hall–Kier alpha value is -2.42. The van der Waals surface area contributed by atoms with Gasteiger partial charge < -0.3 is 19.9 Å². The van der Waals surface area contributed by atoms with Crippen molar-refractivity contribution in [2.24, 2.45) is 5.92 Å². The summed E-state index contributed by atoms with van der Waals surface area (Å²) in [4.78, 5) is 34.7. The number of benzene rings is 1. The summed E-state index contributed by atoms with van der Waals surface area (Å²) < 4.78 is 18.0. The minimum atomic E-state index is -0.786. The number of nitrogens with zero attached hydrogens (tertiary/aromatic N) is 2. The van der Waals surface area contributed by atoms with Crippen LogP contribution in [0, 0.1) is 5.92 Å². The standard InChI is InChI=1S/C21H26BrFN4O3/c1-13(2)18(26-21(29)30-11-9-23)20(28)27-10-3-4-17(27)19-24-12-16(25-19)14-5-7-15(22)8-6-14/h5-8,12-13,17-18H,3-4,9-11H2,1-2H3,(H,24,25)(H,26,29)/t17-,18?/m0/s1. The van der Waals surface area contributed by atoms with Crippen molar-refractivity contribution in [1.82, 2.24) is 20.2 Å². The Morgan fingerprint density at radius 2 is 2.10 bits per heavy atom. The Morgan fingerprint density at radius 3 is 2.77 bits per heavy atom. The second-order valence-electron chi connectivity index (χ2n) is 7.57. The molecular formula is C21H26BrFN4O3. The van der Waals surface area contributed by atoms with Gasteiger partial charge in [-0.25, -0.2) is 14.2 Å². The highest BCUT2D eigenvalue weighted by atomic mass is 79.9. The first kappa shape index (κ1) is 22.3. The molecule has 0 radical (unpaired) electrons. The van der Waals surface area contributed by atoms with E-state index in [1.165, 1.54) is 0 Å². The molecule has 0 spiro atoms. The number of halogens is 2. The van der Waals surface area contributed by atoms with E-state index in [9.17, 15) is 14.0 Å². The van der Waals surface area contributed by atoms with Gasteiger partial charge in [0.05, 0.1) is 17.9 Å². The second kappa shape index (κ2) is 10.1. The minimum Gasteiger partial charge on any atom is -0.447 e. The Balaban J connectivity index is 1.74. The molecule has 1 saturated heterocycles. The van der Waals surface area contributed by atoms with Gasteiger partial charge in [0.25, 0.3) is 0 Å². The Kier molecular flexibility index (Phi) is 7.47. The number of carbonyl (C=O) groups excluding carboxylic acids is 2. The number of H-pyrrole nitrogens is 1. The summed E-state index contributed by atoms with van der Waals surface area (Å²) in [7, 11) is 0. The lowest BCUT2D eigenvalue weighted by Crippen LogP contribution is -2.51. The zero-order valence-corrected chi connectivity index (χ0v) is 18.6. The van der Waals surface area contributed by atoms with Gasteiger partial charge in [-0.3, -0.25) is 4.79 Å². The molecule has 162 valence electrons. The van der Waals surface area contributed by atoms with Gasteiger partial charge in [0.1, 0.15) is 25.1 Å². The van der Waals surface area contributed by atoms with Crippen molar-refractivity contribution in [1.29, 1.82) is 0 Å². The summed E-state index contributed by atoms with van der Waals surface area (Å²) in [6.07, 6.45) is 2.62. The fourth-order valence-electron chi connectivity index (χ4n) is 3.59. The molecule has 2 aromatic rings. The number of carbonyl (C=O) groups is 2. The highest BCUT2D eigenvalue weighted by Gasteiger charge is 2.37. The Labute approximate surface area is 183 Å². The van der Waals surface area contributed by atoms with E-state index in [1.807, 2.05) is 38.1 Å². The van der Waals surface area contributed by atoms with Crippen LogP contribution in [0.3, 0.4) is 0 Å². The van der Waals surface area contributed by atoms with Crippen LogP contribution >= 0.6 is 15.9 Å². The summed E-state index contributed by atoms with van der Waals surface area (Å²) in [5, 5.41) is 2.58. The van der Waals surface area contributed by atoms with Crippen LogP contribution in [0.1, 0.15) is 38.6 Å². The number of hydrogen-bond acceptors (Lipinski definition) is 4. The Morgan fingerprint density at radius 1 is 1.37 bits per heavy atom. The lowest BCUT2D eigenvalue weighted by Gasteiger charge is -2.30. The molecule has 0 saturated carbocycles. The average molecular weight is 481 g/mol. The zero-order chi connectivity index (χ0) is 21.7. The van der Waals surface area contributed by atoms with Crippen LogP contribution in [0.5, 0.6) is 0 Å². The SMILES string of the molecule is CC(C)C(NC(=O)OCCF)C(=O)N1CCC[C@H]1c1ncc(-c2ccc(Br)cc2)[nH]1. The lowest BCUT2D eigenvalue weighted by atomic mass is 10.0. The molecule has 30 heavy (non-hydrogen) atoms. The van der Waals surface area contributed by atoms with E-state index in [-0.39, 0.29) is 24.5 Å². The molecule has 1 aromatic heterocycles. The van der Waals surface area contributed by atoms with Gasteiger partial charge in [-0.05, 0) is 36.5 Å². The minimum absolute atomic E-state index is 0.147. The topological polar surface area (TPSA) is 87.3 Å². The molecule has 1 unspecified atom stereocenters. The maximum atomic E-state index is 13.2. The van der Waals surface area contributed by atoms with Crippen molar-refractivity contribution in [3.05, 3.63) is 40.8 Å². The molecule has 3 rings (SSSR count). The monoisotopic (exact) mass is 480 g/mol. The fraction of sp³-hybridized carbons (Fsp3) is 0.476. The molecule has 1 aliphatic rings. The van der Waals surface area contributed by atoms with Crippen LogP contribution in [0.2, 0.25) is 0 Å². The molecular weight excluding hydrogens is 455 g/mol. The van der Waals surface area contributed by atoms with E-state index in [1.54, 1.807) is 11.1 Å². The van der Waals surface area contributed by atoms with Crippen LogP contribution in [0.15, 0.2) is 34.9 Å². The first-order valence-electron chi connectivity index (χ1n) is 10.0. The molecule has 0 bridgehead atoms. The van der Waals surface area contributed by atoms with E-state index in [2.05, 4.69) is 31.2 Å². The third kappa shape index (κ3) is 5.19. The predicted octanol–water partition coefficient (Wildman–Crippen LogP) is 4.22. The first-order valence-corrected chi connectivity index (χ1v) is 10.8. The van der Waals surface area contributed by atoms with Crippen LogP contribution < -0.4 is 5.32 Å². The van der Waals surface area contributed by atoms with Crippen LogP contribution in [0.4, 0.5) is 9.18 Å². The van der Waals surface area contributed by atoms with Gasteiger partial charge in [0.2, 0.25) is 5.91 Å². The van der Waals surface area contributed by atoms with Gasteiger partial charge in [0, 0.05) is 11.0 Å². The third-order valence-electron chi connectivity index (χ3n) is 5.12. The number of hydrogen-bond donors (Lipinski definition) is 2. The van der Waals surface area contributed by atoms with Gasteiger partial charge in [-0.2, -0.15) is 0 Å². The van der Waals surface area contributed by atoms with Crippen molar-refractivity contribution in [3.63, 3.8) is 0 Å². The maximum Gasteiger partial charge on any atom is 0.407 e. The summed E-state index contributed by atoms with van der Waals surface area (Å²) in [6, 6.07) is 6.95. The van der Waals surface area contributed by atoms with Crippen LogP contribution in [-0.2, 0) is 9.53 Å². The number of imidazole rings is 1. The average Bonchev–Trinajstić information content (AvgIpc) is 3.39. The van der Waals surface area contributed by atoms with Gasteiger partial charge in [-0.1, -0.05) is 41.9 Å². The number of amides is 2. The van der Waals surface area contributed by atoms with E-state index < -0.39 is 18.8 Å². The molecule has 7 nitrogen and oxygen atoms in total. The van der Waals surface area contributed by atoms with Crippen LogP contribution in [0.25, 0.3) is 11.3 Å². The quantitative estimate of drug-likeness (QED) is 0.620. The molecule has 1 aliphatic heterocycles. The fourth-order valence-corrected chi connectivity index (χ4v) is 3.85. The van der Waals surface area contributed by atoms with Gasteiger partial charge in [0.15, 0.2) is 0 Å². The Bertz CT molecular complexity index is 871. The van der Waals surface area contributed by atoms with Crippen molar-refractivity contribution >= 4 is 27.9 Å². The molecule has 0 aliphatic carbocycles. The smallest absolute Gasteiger partial charge is 0.407 e. The molecule has 2 N–H and O–H groups in total. The van der Waals surface area contributed by atoms with Gasteiger partial charge in [-0.15, -0.1) is 0 Å². The van der Waals surface area contributed by atoms with Crippen molar-refractivity contribution < 1.29 is 18.7 Å². The third-order valence-corrected chi connectivity index (χ3v) is 5.65. The largest absolute Gasteiger partial charge is 0.447 e. The number of nitrogens with one attached hydrogen (secondary N) is 2. The zero-order valence-electron chi connectivity index (χ0n) is 17.0. The van der Waals surface area contributed by atoms with Crippen LogP contribution in [-0.4, -0.2) is 52.7 Å². The van der Waals surface area contributed by atoms with Gasteiger partial charge >= 0.3 is 6.09 Å². The number of alkyl halides is 1. The number of likely N-dealkylation sites (tertiary alicyclic amines) is 1. The normalized spacial score (nSPS) is 17.2. The number of rotatable bonds is 7. The predicted molar refractivity (Wildman–Crippen MR) is 114 cm³/mol. The summed E-state index contributed by atoms with van der Waals surface area (Å²) in [5.41, 5.74) is 1.88. The van der Waals surface area contributed by atoms with Crippen molar-refractivity contribution in [2.45, 2.75) is 38.8 Å². The van der Waals surface area contributed by atoms with E-state index in [0.717, 1.165) is 34.4 Å². The summed E-state index contributed by atoms with van der Waals surface area (Å²) in [6.45, 7) is 3.19. The first-order chi connectivity index (χ1) is 14.4. The maximum absolute atomic E-state index is 13.2. The summed E-state index contributed by atoms with van der Waals surface area (Å²) in [5.74, 6) is 0.388. The van der Waals surface area contributed by atoms with E-state index in [4.69, 9.17) is 4.74 Å². The number of ether oxygens (including phenoxy) is 1. The second-order valence-corrected chi connectivity index (χ2v) is 8.49. The summed E-state index contributed by atoms with van der Waals surface area (Å²) >= 11 is 3.43. The van der Waals surface area contributed by atoms with Crippen molar-refractivity contribution in [3.8, 4) is 11.3 Å². The molecule has 2 atom stereocenters. The van der Waals surface area contributed by atoms with Crippen molar-refractivity contribution in [2.75, 3.05) is 19.8 Å². The number of aromatic amines is 1. The molecule has 9 heteroatoms. The highest BCUT2D eigenvalue weighted by Crippen LogP contribution is 2.32. The van der Waals surface area contributed by atoms with E-state index >= 15 is 0 Å². The molecule has 1 fully saturated rings. The van der Waals surface area contributed by atoms with E-state index in [0.29, 0.717) is 6.54 Å². The molecule has 1 aromatic carbocycles.